The molecule has 0 saturated carbocycles. The smallest absolute Gasteiger partial charge is 0.196 e. The Bertz CT molecular complexity index is 171. The van der Waals surface area contributed by atoms with Crippen molar-refractivity contribution in [2.45, 2.75) is 45.7 Å². The number of alkyl halides is 5. The molecule has 0 heterocycles. The Morgan fingerprint density at radius 3 is 1.64 bits per heavy atom. The molecule has 0 aliphatic rings. The number of hydrogen-bond donors (Lipinski definition) is 0. The van der Waals surface area contributed by atoms with Crippen molar-refractivity contribution in [1.82, 2.24) is 0 Å². The minimum absolute atomic E-state index is 0.107. The number of hydrogen-bond acceptors (Lipinski definition) is 0. The molecule has 0 aromatic heterocycles. The first-order chi connectivity index (χ1) is 6.08. The molecule has 0 spiro atoms. The lowest BCUT2D eigenvalue weighted by Crippen LogP contribution is -2.36. The van der Waals surface area contributed by atoms with Gasteiger partial charge in [0.1, 0.15) is 0 Å². The van der Waals surface area contributed by atoms with Gasteiger partial charge in [0.05, 0.1) is 0 Å². The zero-order chi connectivity index (χ0) is 11.6. The van der Waals surface area contributed by atoms with Crippen molar-refractivity contribution in [3.05, 3.63) is 0 Å². The molecule has 0 nitrogen and oxygen atoms in total. The van der Waals surface area contributed by atoms with E-state index in [4.69, 9.17) is 0 Å². The Balaban J connectivity index is 4.13. The lowest BCUT2D eigenvalue weighted by molar-refractivity contribution is -0.285. The molecule has 0 bridgehead atoms. The van der Waals surface area contributed by atoms with Gasteiger partial charge in [0.2, 0.25) is 0 Å². The van der Waals surface area contributed by atoms with Crippen molar-refractivity contribution in [2.24, 2.45) is 11.8 Å². The molecule has 0 N–H and O–H groups in total. The molecular formula is C9H15F5. The van der Waals surface area contributed by atoms with Gasteiger partial charge in [-0.2, -0.15) is 22.0 Å². The van der Waals surface area contributed by atoms with Crippen LogP contribution in [-0.2, 0) is 0 Å². The average molecular weight is 218 g/mol. The average Bonchev–Trinajstić information content (AvgIpc) is 1.97. The van der Waals surface area contributed by atoms with Crippen LogP contribution in [-0.4, -0.2) is 12.1 Å². The molecule has 0 fully saturated rings. The van der Waals surface area contributed by atoms with Gasteiger partial charge in [-0.3, -0.25) is 0 Å². The lowest BCUT2D eigenvalue weighted by Gasteiger charge is -2.22. The van der Waals surface area contributed by atoms with Crippen LogP contribution in [0.25, 0.3) is 0 Å². The molecule has 86 valence electrons. The van der Waals surface area contributed by atoms with E-state index in [9.17, 15) is 22.0 Å². The van der Waals surface area contributed by atoms with Crippen LogP contribution in [0.5, 0.6) is 0 Å². The fourth-order valence-electron chi connectivity index (χ4n) is 0.884. The highest BCUT2D eigenvalue weighted by molar-refractivity contribution is 4.76. The highest BCUT2D eigenvalue weighted by Gasteiger charge is 2.56. The monoisotopic (exact) mass is 218 g/mol. The molecule has 0 aromatic carbocycles. The van der Waals surface area contributed by atoms with Crippen LogP contribution >= 0.6 is 0 Å². The largest absolute Gasteiger partial charge is 0.453 e. The van der Waals surface area contributed by atoms with Gasteiger partial charge in [0.15, 0.2) is 0 Å². The summed E-state index contributed by atoms with van der Waals surface area (Å²) in [4.78, 5) is 0. The summed E-state index contributed by atoms with van der Waals surface area (Å²) in [6.07, 6.45) is -6.64. The molecule has 0 aromatic rings. The summed E-state index contributed by atoms with van der Waals surface area (Å²) in [5.41, 5.74) is 0. The predicted molar refractivity (Wildman–Crippen MR) is 44.2 cm³/mol. The van der Waals surface area contributed by atoms with E-state index >= 15 is 0 Å². The summed E-state index contributed by atoms with van der Waals surface area (Å²) in [6.45, 7) is 5.28. The third kappa shape index (κ3) is 3.80. The molecule has 0 saturated heterocycles. The predicted octanol–water partition coefficient (Wildman–Crippen LogP) is 4.26. The molecule has 1 unspecified atom stereocenters. The van der Waals surface area contributed by atoms with Gasteiger partial charge >= 0.3 is 12.1 Å². The molecule has 1 atom stereocenters. The third-order valence-electron chi connectivity index (χ3n) is 2.47. The maximum absolute atomic E-state index is 12.4. The summed E-state index contributed by atoms with van der Waals surface area (Å²) in [6, 6.07) is 0. The molecule has 0 aliphatic heterocycles. The molecule has 5 heteroatoms. The second-order valence-corrected chi connectivity index (χ2v) is 3.96. The van der Waals surface area contributed by atoms with Crippen LogP contribution in [0.1, 0.15) is 33.6 Å². The quantitative estimate of drug-likeness (QED) is 0.618. The van der Waals surface area contributed by atoms with Crippen LogP contribution < -0.4 is 0 Å². The van der Waals surface area contributed by atoms with E-state index in [1.54, 1.807) is 20.8 Å². The fourth-order valence-corrected chi connectivity index (χ4v) is 0.884. The van der Waals surface area contributed by atoms with Crippen molar-refractivity contribution in [3.8, 4) is 0 Å². The van der Waals surface area contributed by atoms with Gasteiger partial charge in [-0.1, -0.05) is 20.8 Å². The minimum atomic E-state index is -5.41. The van der Waals surface area contributed by atoms with Crippen LogP contribution in [0.3, 0.4) is 0 Å². The van der Waals surface area contributed by atoms with Gasteiger partial charge < -0.3 is 0 Å². The maximum Gasteiger partial charge on any atom is 0.453 e. The molecular weight excluding hydrogens is 203 g/mol. The second kappa shape index (κ2) is 4.45. The van der Waals surface area contributed by atoms with Crippen LogP contribution in [0.4, 0.5) is 22.0 Å². The fraction of sp³-hybridized carbons (Fsp3) is 1.00. The van der Waals surface area contributed by atoms with Gasteiger partial charge in [-0.05, 0) is 18.3 Å². The van der Waals surface area contributed by atoms with E-state index < -0.39 is 18.5 Å². The Labute approximate surface area is 80.5 Å². The summed E-state index contributed by atoms with van der Waals surface area (Å²) >= 11 is 0. The maximum atomic E-state index is 12.4. The first-order valence-electron chi connectivity index (χ1n) is 4.52. The summed E-state index contributed by atoms with van der Waals surface area (Å²) < 4.78 is 60.1. The second-order valence-electron chi connectivity index (χ2n) is 3.96. The first kappa shape index (κ1) is 13.7. The van der Waals surface area contributed by atoms with Gasteiger partial charge in [0.25, 0.3) is 0 Å². The standard InChI is InChI=1S/C9H15F5/c1-6(2)7(3)4-5-8(10,11)9(12,13)14/h6-7H,4-5H2,1-3H3. The molecule has 14 heavy (non-hydrogen) atoms. The Morgan fingerprint density at radius 2 is 1.36 bits per heavy atom. The van der Waals surface area contributed by atoms with Crippen LogP contribution in [0.15, 0.2) is 0 Å². The van der Waals surface area contributed by atoms with E-state index in [1.807, 2.05) is 0 Å². The van der Waals surface area contributed by atoms with E-state index in [-0.39, 0.29) is 18.3 Å². The van der Waals surface area contributed by atoms with Gasteiger partial charge in [-0.25, -0.2) is 0 Å². The summed E-state index contributed by atoms with van der Waals surface area (Å²) in [7, 11) is 0. The SMILES string of the molecule is CC(C)C(C)CCC(F)(F)C(F)(F)F. The zero-order valence-electron chi connectivity index (χ0n) is 8.46. The van der Waals surface area contributed by atoms with Crippen molar-refractivity contribution in [3.63, 3.8) is 0 Å². The molecule has 0 rings (SSSR count). The van der Waals surface area contributed by atoms with E-state index in [2.05, 4.69) is 0 Å². The third-order valence-corrected chi connectivity index (χ3v) is 2.47. The van der Waals surface area contributed by atoms with Crippen molar-refractivity contribution < 1.29 is 22.0 Å². The Morgan fingerprint density at radius 1 is 0.929 bits per heavy atom. The number of rotatable bonds is 4. The Kier molecular flexibility index (Phi) is 4.34. The van der Waals surface area contributed by atoms with Crippen LogP contribution in [0, 0.1) is 11.8 Å². The topological polar surface area (TPSA) is 0 Å². The molecule has 0 aliphatic carbocycles. The lowest BCUT2D eigenvalue weighted by atomic mass is 9.92. The van der Waals surface area contributed by atoms with Gasteiger partial charge in [-0.15, -0.1) is 0 Å². The highest BCUT2D eigenvalue weighted by Crippen LogP contribution is 2.40. The Hall–Kier alpha value is -0.350. The van der Waals surface area contributed by atoms with Crippen LogP contribution in [0.2, 0.25) is 0 Å². The van der Waals surface area contributed by atoms with E-state index in [0.717, 1.165) is 0 Å². The molecule has 0 radical (unpaired) electrons. The van der Waals surface area contributed by atoms with E-state index in [0.29, 0.717) is 0 Å². The number of halogens is 5. The zero-order valence-corrected chi connectivity index (χ0v) is 8.46. The normalized spacial score (nSPS) is 16.1. The first-order valence-corrected chi connectivity index (χ1v) is 4.52. The molecule has 0 amide bonds. The summed E-state index contributed by atoms with van der Waals surface area (Å²) in [5.74, 6) is -4.54. The summed E-state index contributed by atoms with van der Waals surface area (Å²) in [5, 5.41) is 0. The minimum Gasteiger partial charge on any atom is -0.196 e. The highest BCUT2D eigenvalue weighted by atomic mass is 19.4. The van der Waals surface area contributed by atoms with Crippen molar-refractivity contribution >= 4 is 0 Å². The van der Waals surface area contributed by atoms with Crippen molar-refractivity contribution in [2.75, 3.05) is 0 Å². The van der Waals surface area contributed by atoms with Crippen molar-refractivity contribution in [1.29, 1.82) is 0 Å². The van der Waals surface area contributed by atoms with E-state index in [1.165, 1.54) is 0 Å². The van der Waals surface area contributed by atoms with Gasteiger partial charge in [0, 0.05) is 6.42 Å².